The number of nitrogens with zero attached hydrogens (tertiary/aromatic N) is 1. The van der Waals surface area contributed by atoms with Crippen LogP contribution in [-0.4, -0.2) is 30.0 Å². The van der Waals surface area contributed by atoms with E-state index in [2.05, 4.69) is 23.7 Å². The van der Waals surface area contributed by atoms with Crippen LogP contribution >= 0.6 is 0 Å². The molecule has 1 N–H and O–H groups in total. The van der Waals surface area contributed by atoms with Crippen LogP contribution in [0.2, 0.25) is 0 Å². The highest BCUT2D eigenvalue weighted by Gasteiger charge is 2.19. The van der Waals surface area contributed by atoms with Gasteiger partial charge in [0, 0.05) is 6.42 Å². The second kappa shape index (κ2) is 40.2. The fourth-order valence-electron chi connectivity index (χ4n) is 8.18. The number of nitrogens with one attached hydrogen (secondary N) is 1. The van der Waals surface area contributed by atoms with Gasteiger partial charge in [-0.2, -0.15) is 0 Å². The van der Waals surface area contributed by atoms with E-state index in [0.717, 1.165) is 0 Å². The van der Waals surface area contributed by atoms with Crippen molar-refractivity contribution in [2.45, 2.75) is 277 Å². The van der Waals surface area contributed by atoms with Gasteiger partial charge in [-0.1, -0.05) is 251 Å². The molecule has 0 saturated heterocycles. The lowest BCUT2D eigenvalue weighted by Crippen LogP contribution is -2.23. The van der Waals surface area contributed by atoms with Crippen molar-refractivity contribution < 1.29 is 4.58 Å². The molecule has 0 aromatic heterocycles. The van der Waals surface area contributed by atoms with Crippen LogP contribution in [0.3, 0.4) is 0 Å². The maximum Gasteiger partial charge on any atom is 0.244 e. The van der Waals surface area contributed by atoms with Crippen LogP contribution in [0.25, 0.3) is 0 Å². The van der Waals surface area contributed by atoms with Gasteiger partial charge in [0.05, 0.1) is 6.54 Å². The molecule has 0 aromatic rings. The highest BCUT2D eigenvalue weighted by molar-refractivity contribution is 5.78. The normalized spacial score (nSPS) is 13.2. The molecule has 1 aliphatic heterocycles. The zero-order valence-electron chi connectivity index (χ0n) is 34.6. The molecule has 0 aromatic carbocycles. The summed E-state index contributed by atoms with van der Waals surface area (Å²) >= 11 is 0. The topological polar surface area (TPSA) is 15.0 Å². The molecular weight excluding hydrogens is 593 g/mol. The first-order chi connectivity index (χ1) is 24.4. The molecule has 0 saturated carbocycles. The van der Waals surface area contributed by atoms with E-state index >= 15 is 0 Å². The summed E-state index contributed by atoms with van der Waals surface area (Å²) in [5.74, 6) is 1.57. The summed E-state index contributed by atoms with van der Waals surface area (Å²) < 4.78 is 2.68. The van der Waals surface area contributed by atoms with Crippen LogP contribution in [0.5, 0.6) is 0 Å². The lowest BCUT2D eigenvalue weighted by molar-refractivity contribution is -0.519. The van der Waals surface area contributed by atoms with Gasteiger partial charge in [-0.15, -0.1) is 0 Å². The van der Waals surface area contributed by atoms with Crippen molar-refractivity contribution in [3.05, 3.63) is 0 Å². The number of hydrogen-bond donors (Lipinski definition) is 1. The molecule has 1 rings (SSSR count). The van der Waals surface area contributed by atoms with E-state index in [1.54, 1.807) is 5.84 Å². The van der Waals surface area contributed by atoms with E-state index in [-0.39, 0.29) is 0 Å². The molecule has 0 spiro atoms. The van der Waals surface area contributed by atoms with E-state index in [1.807, 2.05) is 0 Å². The summed E-state index contributed by atoms with van der Waals surface area (Å²) in [4.78, 5) is 0. The first-order valence-electron chi connectivity index (χ1n) is 23.7. The minimum atomic E-state index is 1.17. The van der Waals surface area contributed by atoms with E-state index in [4.69, 9.17) is 0 Å². The highest BCUT2D eigenvalue weighted by atomic mass is 15.2. The molecule has 0 radical (unpaired) electrons. The third kappa shape index (κ3) is 34.3. The van der Waals surface area contributed by atoms with Crippen molar-refractivity contribution in [3.8, 4) is 0 Å². The Labute approximate surface area is 311 Å². The third-order valence-corrected chi connectivity index (χ3v) is 11.6. The summed E-state index contributed by atoms with van der Waals surface area (Å²) in [5, 5.41) is 3.72. The molecule has 0 amide bonds. The van der Waals surface area contributed by atoms with E-state index in [1.165, 1.54) is 283 Å². The Morgan fingerprint density at radius 3 is 0.857 bits per heavy atom. The summed E-state index contributed by atoms with van der Waals surface area (Å²) in [5.41, 5.74) is 0. The Bertz CT molecular complexity index is 600. The van der Waals surface area contributed by atoms with Crippen molar-refractivity contribution in [3.63, 3.8) is 0 Å². The zero-order valence-corrected chi connectivity index (χ0v) is 34.6. The summed E-state index contributed by atoms with van der Waals surface area (Å²) in [6.07, 6.45) is 59.9. The van der Waals surface area contributed by atoms with Crippen molar-refractivity contribution >= 4 is 5.84 Å². The van der Waals surface area contributed by atoms with Crippen molar-refractivity contribution in [2.24, 2.45) is 0 Å². The highest BCUT2D eigenvalue weighted by Crippen LogP contribution is 2.17. The molecule has 2 nitrogen and oxygen atoms in total. The van der Waals surface area contributed by atoms with E-state index < -0.39 is 0 Å². The fourth-order valence-corrected chi connectivity index (χ4v) is 8.18. The molecule has 0 bridgehead atoms. The van der Waals surface area contributed by atoms with Gasteiger partial charge in [-0.3, -0.25) is 9.89 Å². The van der Waals surface area contributed by atoms with Crippen LogP contribution in [0.4, 0.5) is 0 Å². The number of rotatable bonds is 42. The minimum Gasteiger partial charge on any atom is -0.274 e. The standard InChI is InChI=1S/C47H94N2/c1-3-5-7-9-11-13-15-17-19-21-23-25-27-29-31-33-35-37-39-41-43-47-48-44-46-49(47)45-42-40-38-36-34-32-30-28-26-24-22-20-18-16-14-12-10-8-6-4-2/h3-46H2,1-2H3/p+1. The van der Waals surface area contributed by atoms with Crippen molar-refractivity contribution in [1.29, 1.82) is 0 Å². The molecule has 0 fully saturated rings. The first-order valence-corrected chi connectivity index (χ1v) is 23.7. The maximum absolute atomic E-state index is 3.72. The maximum atomic E-state index is 3.72. The zero-order chi connectivity index (χ0) is 35.0. The molecule has 2 heteroatoms. The number of amidine groups is 1. The average Bonchev–Trinajstić information content (AvgIpc) is 3.57. The SMILES string of the molecule is CCCCCCCCCCCCCCCCCCCCCCC1=[N+](CCCCCCCCCCCCCCCCCCCCCC)CCN1. The van der Waals surface area contributed by atoms with Gasteiger partial charge in [-0.25, -0.2) is 0 Å². The van der Waals surface area contributed by atoms with Gasteiger partial charge >= 0.3 is 0 Å². The Balaban J connectivity index is 1.78. The summed E-state index contributed by atoms with van der Waals surface area (Å²) in [7, 11) is 0. The molecule has 292 valence electrons. The minimum absolute atomic E-state index is 1.17. The van der Waals surface area contributed by atoms with Crippen molar-refractivity contribution in [1.82, 2.24) is 5.32 Å². The Morgan fingerprint density at radius 2 is 0.571 bits per heavy atom. The van der Waals surface area contributed by atoms with Gasteiger partial charge in [-0.05, 0) is 19.3 Å². The lowest BCUT2D eigenvalue weighted by atomic mass is 10.0. The monoisotopic (exact) mass is 688 g/mol. The molecule has 0 aliphatic carbocycles. The average molecular weight is 688 g/mol. The lowest BCUT2D eigenvalue weighted by Gasteiger charge is -2.06. The van der Waals surface area contributed by atoms with Crippen LogP contribution in [0.1, 0.15) is 277 Å². The van der Waals surface area contributed by atoms with Gasteiger partial charge in [0.1, 0.15) is 13.1 Å². The van der Waals surface area contributed by atoms with Crippen molar-refractivity contribution in [2.75, 3.05) is 19.6 Å². The van der Waals surface area contributed by atoms with Crippen LogP contribution in [-0.2, 0) is 0 Å². The first kappa shape index (κ1) is 46.5. The van der Waals surface area contributed by atoms with Crippen LogP contribution < -0.4 is 5.32 Å². The summed E-state index contributed by atoms with van der Waals surface area (Å²) in [6, 6.07) is 0. The van der Waals surface area contributed by atoms with Gasteiger partial charge < -0.3 is 0 Å². The Morgan fingerprint density at radius 1 is 0.327 bits per heavy atom. The molecule has 49 heavy (non-hydrogen) atoms. The van der Waals surface area contributed by atoms with Gasteiger partial charge in [0.25, 0.3) is 0 Å². The predicted octanol–water partition coefficient (Wildman–Crippen LogP) is 16.0. The van der Waals surface area contributed by atoms with E-state index in [9.17, 15) is 0 Å². The molecule has 1 heterocycles. The summed E-state index contributed by atoms with van der Waals surface area (Å²) in [6.45, 7) is 8.33. The van der Waals surface area contributed by atoms with Gasteiger partial charge in [0.15, 0.2) is 0 Å². The fraction of sp³-hybridized carbons (Fsp3) is 0.979. The molecule has 0 atom stereocenters. The molecule has 1 aliphatic rings. The quantitative estimate of drug-likeness (QED) is 0.0498. The Hall–Kier alpha value is -0.530. The second-order valence-corrected chi connectivity index (χ2v) is 16.5. The molecular formula is C47H95N2+. The Kier molecular flexibility index (Phi) is 38.2. The number of hydrogen-bond acceptors (Lipinski definition) is 1. The predicted molar refractivity (Wildman–Crippen MR) is 224 cm³/mol. The van der Waals surface area contributed by atoms with Crippen LogP contribution in [0.15, 0.2) is 0 Å². The van der Waals surface area contributed by atoms with Gasteiger partial charge in [0.2, 0.25) is 5.84 Å². The largest absolute Gasteiger partial charge is 0.274 e. The van der Waals surface area contributed by atoms with Crippen LogP contribution in [0, 0.1) is 0 Å². The molecule has 0 unspecified atom stereocenters. The number of unbranched alkanes of at least 4 members (excludes halogenated alkanes) is 38. The smallest absolute Gasteiger partial charge is 0.244 e. The third-order valence-electron chi connectivity index (χ3n) is 11.6. The van der Waals surface area contributed by atoms with E-state index in [0.29, 0.717) is 0 Å². The second-order valence-electron chi connectivity index (χ2n) is 16.5.